The molecule has 1 heterocycles. The number of methoxy groups -OCH3 is 2. The molecule has 0 radical (unpaired) electrons. The minimum Gasteiger partial charge on any atom is -0.548 e. The van der Waals surface area contributed by atoms with Crippen LogP contribution in [0, 0.1) is 0 Å². The Morgan fingerprint density at radius 3 is 2.43 bits per heavy atom. The molecule has 2 aromatic carbocycles. The Kier molecular flexibility index (Phi) is 5.54. The van der Waals surface area contributed by atoms with Crippen molar-refractivity contribution < 1.29 is 24.2 Å². The molecule has 0 aliphatic rings. The summed E-state index contributed by atoms with van der Waals surface area (Å²) in [5.74, 6) is -0.695. The van der Waals surface area contributed by atoms with E-state index in [4.69, 9.17) is 9.47 Å². The van der Waals surface area contributed by atoms with Gasteiger partial charge in [-0.1, -0.05) is 30.3 Å². The van der Waals surface area contributed by atoms with Crippen LogP contribution in [0.4, 0.5) is 0 Å². The van der Waals surface area contributed by atoms with Crippen molar-refractivity contribution in [3.8, 4) is 11.5 Å². The lowest BCUT2D eigenvalue weighted by molar-refractivity contribution is -0.308. The lowest BCUT2D eigenvalue weighted by Crippen LogP contribution is -2.49. The van der Waals surface area contributed by atoms with Crippen molar-refractivity contribution >= 4 is 22.8 Å². The van der Waals surface area contributed by atoms with Gasteiger partial charge in [-0.15, -0.1) is 0 Å². The average molecular weight is 381 g/mol. The van der Waals surface area contributed by atoms with Crippen molar-refractivity contribution in [1.82, 2.24) is 9.88 Å². The summed E-state index contributed by atoms with van der Waals surface area (Å²) < 4.78 is 12.3. The molecule has 0 aliphatic carbocycles. The van der Waals surface area contributed by atoms with Crippen LogP contribution >= 0.6 is 0 Å². The largest absolute Gasteiger partial charge is 0.548 e. The van der Waals surface area contributed by atoms with Crippen molar-refractivity contribution in [2.45, 2.75) is 12.5 Å². The monoisotopic (exact) mass is 381 g/mol. The van der Waals surface area contributed by atoms with Crippen molar-refractivity contribution in [1.29, 1.82) is 0 Å². The third kappa shape index (κ3) is 3.78. The SMILES string of the molecule is COc1cc(OC)c2cc(C(=O)N[C@@H](Cc3ccccc3)C(=O)[O-])n(C)c2c1. The molecule has 146 valence electrons. The van der Waals surface area contributed by atoms with Gasteiger partial charge in [0, 0.05) is 24.6 Å². The number of nitrogens with one attached hydrogen (secondary N) is 1. The van der Waals surface area contributed by atoms with Crippen LogP contribution in [-0.4, -0.2) is 36.7 Å². The molecule has 0 fully saturated rings. The molecular formula is C21H21N2O5-. The standard InChI is InChI=1S/C21H22N2O5/c1-23-17-10-14(27-2)11-19(28-3)15(17)12-18(23)20(24)22-16(21(25)26)9-13-7-5-4-6-8-13/h4-8,10-12,16H,9H2,1-3H3,(H,22,24)(H,25,26)/p-1/t16-/m0/s1. The molecule has 0 bridgehead atoms. The number of carboxylic acid groups (broad SMARTS) is 1. The first-order valence-corrected chi connectivity index (χ1v) is 8.71. The second kappa shape index (κ2) is 8.04. The first-order valence-electron chi connectivity index (χ1n) is 8.71. The van der Waals surface area contributed by atoms with Crippen LogP contribution < -0.4 is 19.9 Å². The number of fused-ring (bicyclic) bond motifs is 1. The first-order chi connectivity index (χ1) is 13.4. The van der Waals surface area contributed by atoms with Gasteiger partial charge in [0.15, 0.2) is 0 Å². The van der Waals surface area contributed by atoms with Crippen molar-refractivity contribution in [2.24, 2.45) is 7.05 Å². The fourth-order valence-corrected chi connectivity index (χ4v) is 3.15. The number of hydrogen-bond acceptors (Lipinski definition) is 5. The van der Waals surface area contributed by atoms with Crippen molar-refractivity contribution in [3.63, 3.8) is 0 Å². The molecule has 3 rings (SSSR count). The van der Waals surface area contributed by atoms with Crippen LogP contribution in [0.3, 0.4) is 0 Å². The Bertz CT molecular complexity index is 1010. The Balaban J connectivity index is 1.91. The molecule has 7 nitrogen and oxygen atoms in total. The molecule has 0 saturated carbocycles. The summed E-state index contributed by atoms with van der Waals surface area (Å²) in [5, 5.41) is 14.8. The van der Waals surface area contributed by atoms with E-state index in [9.17, 15) is 14.7 Å². The molecule has 7 heteroatoms. The maximum absolute atomic E-state index is 12.8. The molecule has 0 aliphatic heterocycles. The van der Waals surface area contributed by atoms with E-state index in [0.717, 1.165) is 16.5 Å². The van der Waals surface area contributed by atoms with Gasteiger partial charge in [0.2, 0.25) is 0 Å². The van der Waals surface area contributed by atoms with Gasteiger partial charge in [0.25, 0.3) is 5.91 Å². The number of ether oxygens (including phenoxy) is 2. The zero-order valence-electron chi connectivity index (χ0n) is 15.9. The molecule has 1 aromatic heterocycles. The van der Waals surface area contributed by atoms with Crippen LogP contribution in [0.25, 0.3) is 10.9 Å². The summed E-state index contributed by atoms with van der Waals surface area (Å²) in [5.41, 5.74) is 1.83. The number of aliphatic carboxylic acids is 1. The lowest BCUT2D eigenvalue weighted by Gasteiger charge is -2.20. The first kappa shape index (κ1) is 19.3. The van der Waals surface area contributed by atoms with E-state index < -0.39 is 17.9 Å². The molecule has 28 heavy (non-hydrogen) atoms. The number of nitrogens with zero attached hydrogens (tertiary/aromatic N) is 1. The van der Waals surface area contributed by atoms with Gasteiger partial charge >= 0.3 is 0 Å². The zero-order chi connectivity index (χ0) is 20.3. The van der Waals surface area contributed by atoms with E-state index in [1.54, 1.807) is 49.1 Å². The number of carbonyl (C=O) groups is 2. The number of benzene rings is 2. The molecule has 1 atom stereocenters. The zero-order valence-corrected chi connectivity index (χ0v) is 15.9. The van der Waals surface area contributed by atoms with Crippen LogP contribution in [0.5, 0.6) is 11.5 Å². The highest BCUT2D eigenvalue weighted by atomic mass is 16.5. The number of carbonyl (C=O) groups excluding carboxylic acids is 2. The topological polar surface area (TPSA) is 92.6 Å². The lowest BCUT2D eigenvalue weighted by atomic mass is 10.1. The maximum atomic E-state index is 12.8. The average Bonchev–Trinajstić information content (AvgIpc) is 3.04. The van der Waals surface area contributed by atoms with Gasteiger partial charge in [-0.3, -0.25) is 4.79 Å². The Labute approximate surface area is 162 Å². The molecule has 0 saturated heterocycles. The van der Waals surface area contributed by atoms with Crippen molar-refractivity contribution in [3.05, 3.63) is 59.8 Å². The van der Waals surface area contributed by atoms with E-state index in [1.165, 1.54) is 7.11 Å². The summed E-state index contributed by atoms with van der Waals surface area (Å²) in [6.07, 6.45) is 0.135. The second-order valence-corrected chi connectivity index (χ2v) is 6.39. The number of aromatic nitrogens is 1. The molecule has 0 spiro atoms. The quantitative estimate of drug-likeness (QED) is 0.666. The van der Waals surface area contributed by atoms with Crippen LogP contribution in [0.1, 0.15) is 16.1 Å². The summed E-state index contributed by atoms with van der Waals surface area (Å²) in [6.45, 7) is 0. The summed E-state index contributed by atoms with van der Waals surface area (Å²) in [4.78, 5) is 24.3. The number of carboxylic acids is 1. The minimum atomic E-state index is -1.34. The molecule has 1 N–H and O–H groups in total. The van der Waals surface area contributed by atoms with Gasteiger partial charge in [-0.25, -0.2) is 0 Å². The van der Waals surface area contributed by atoms with E-state index in [0.29, 0.717) is 17.2 Å². The van der Waals surface area contributed by atoms with Crippen LogP contribution in [-0.2, 0) is 18.3 Å². The van der Waals surface area contributed by atoms with E-state index >= 15 is 0 Å². The maximum Gasteiger partial charge on any atom is 0.268 e. The van der Waals surface area contributed by atoms with E-state index in [1.807, 2.05) is 18.2 Å². The smallest absolute Gasteiger partial charge is 0.268 e. The predicted octanol–water partition coefficient (Wildman–Crippen LogP) is 1.29. The highest BCUT2D eigenvalue weighted by Gasteiger charge is 2.20. The number of amides is 1. The van der Waals surface area contributed by atoms with E-state index in [-0.39, 0.29) is 6.42 Å². The number of rotatable bonds is 7. The van der Waals surface area contributed by atoms with Gasteiger partial charge in [-0.05, 0) is 18.1 Å². The normalized spacial score (nSPS) is 11.8. The fraction of sp³-hybridized carbons (Fsp3) is 0.238. The van der Waals surface area contributed by atoms with Crippen molar-refractivity contribution in [2.75, 3.05) is 14.2 Å². The third-order valence-electron chi connectivity index (χ3n) is 4.66. The van der Waals surface area contributed by atoms with Crippen LogP contribution in [0.15, 0.2) is 48.5 Å². The summed E-state index contributed by atoms with van der Waals surface area (Å²) >= 11 is 0. The molecule has 3 aromatic rings. The summed E-state index contributed by atoms with van der Waals surface area (Å²) in [7, 11) is 4.81. The second-order valence-electron chi connectivity index (χ2n) is 6.39. The van der Waals surface area contributed by atoms with Gasteiger partial charge in [-0.2, -0.15) is 0 Å². The third-order valence-corrected chi connectivity index (χ3v) is 4.66. The predicted molar refractivity (Wildman–Crippen MR) is 102 cm³/mol. The summed E-state index contributed by atoms with van der Waals surface area (Å²) in [6, 6.07) is 13.1. The van der Waals surface area contributed by atoms with Gasteiger partial charge in [0.1, 0.15) is 17.2 Å². The Morgan fingerprint density at radius 2 is 1.82 bits per heavy atom. The Morgan fingerprint density at radius 1 is 1.11 bits per heavy atom. The van der Waals surface area contributed by atoms with Crippen LogP contribution in [0.2, 0.25) is 0 Å². The van der Waals surface area contributed by atoms with E-state index in [2.05, 4.69) is 5.32 Å². The molecule has 1 amide bonds. The Hall–Kier alpha value is -3.48. The number of hydrogen-bond donors (Lipinski definition) is 1. The highest BCUT2D eigenvalue weighted by molar-refractivity contribution is 6.02. The minimum absolute atomic E-state index is 0.135. The molecule has 0 unspecified atom stereocenters. The highest BCUT2D eigenvalue weighted by Crippen LogP contribution is 2.33. The van der Waals surface area contributed by atoms with Gasteiger partial charge in [0.05, 0.1) is 31.7 Å². The molecular weight excluding hydrogens is 360 g/mol. The van der Waals surface area contributed by atoms with Gasteiger partial charge < -0.3 is 29.3 Å². The fourth-order valence-electron chi connectivity index (χ4n) is 3.15. The number of aryl methyl sites for hydroxylation is 1.